The molecular formula is C12H20ClN3. The van der Waals surface area contributed by atoms with Crippen molar-refractivity contribution in [2.75, 3.05) is 13.1 Å². The molecule has 0 bridgehead atoms. The molecule has 1 saturated heterocycles. The van der Waals surface area contributed by atoms with Gasteiger partial charge in [0.15, 0.2) is 0 Å². The highest BCUT2D eigenvalue weighted by atomic mass is 35.5. The zero-order valence-corrected chi connectivity index (χ0v) is 10.7. The second-order valence-electron chi connectivity index (χ2n) is 4.32. The van der Waals surface area contributed by atoms with Gasteiger partial charge in [-0.3, -0.25) is 9.88 Å². The molecule has 0 radical (unpaired) electrons. The van der Waals surface area contributed by atoms with Crippen LogP contribution in [0.15, 0.2) is 24.5 Å². The molecule has 90 valence electrons. The largest absolute Gasteiger partial charge is 0.311 e. The van der Waals surface area contributed by atoms with Gasteiger partial charge in [0, 0.05) is 44.1 Å². The third kappa shape index (κ3) is 3.17. The molecule has 1 aromatic heterocycles. The molecule has 2 rings (SSSR count). The van der Waals surface area contributed by atoms with Crippen molar-refractivity contribution in [3.8, 4) is 0 Å². The van der Waals surface area contributed by atoms with Crippen LogP contribution in [0.2, 0.25) is 0 Å². The summed E-state index contributed by atoms with van der Waals surface area (Å²) in [6.45, 7) is 7.76. The normalized spacial score (nSPS) is 26.1. The lowest BCUT2D eigenvalue weighted by atomic mass is 10.1. The van der Waals surface area contributed by atoms with Gasteiger partial charge in [-0.2, -0.15) is 0 Å². The third-order valence-electron chi connectivity index (χ3n) is 3.27. The third-order valence-corrected chi connectivity index (χ3v) is 3.27. The van der Waals surface area contributed by atoms with Crippen molar-refractivity contribution in [3.63, 3.8) is 0 Å². The molecule has 4 heteroatoms. The molecule has 1 fully saturated rings. The molecule has 1 N–H and O–H groups in total. The summed E-state index contributed by atoms with van der Waals surface area (Å²) >= 11 is 0. The monoisotopic (exact) mass is 241 g/mol. The van der Waals surface area contributed by atoms with Crippen molar-refractivity contribution in [2.45, 2.75) is 32.5 Å². The fraction of sp³-hybridized carbons (Fsp3) is 0.583. The van der Waals surface area contributed by atoms with Crippen LogP contribution in [0.25, 0.3) is 0 Å². The summed E-state index contributed by atoms with van der Waals surface area (Å²) in [6, 6.07) is 5.33. The summed E-state index contributed by atoms with van der Waals surface area (Å²) in [6.07, 6.45) is 3.78. The van der Waals surface area contributed by atoms with Gasteiger partial charge in [-0.25, -0.2) is 0 Å². The van der Waals surface area contributed by atoms with E-state index >= 15 is 0 Å². The van der Waals surface area contributed by atoms with Gasteiger partial charge in [-0.05, 0) is 25.5 Å². The SMILES string of the molecule is CC1NCCN(Cc2cccnc2)C1C.Cl. The average molecular weight is 242 g/mol. The van der Waals surface area contributed by atoms with Gasteiger partial charge in [-0.15, -0.1) is 12.4 Å². The van der Waals surface area contributed by atoms with Crippen LogP contribution < -0.4 is 5.32 Å². The minimum absolute atomic E-state index is 0. The van der Waals surface area contributed by atoms with E-state index in [-0.39, 0.29) is 12.4 Å². The zero-order valence-electron chi connectivity index (χ0n) is 9.89. The van der Waals surface area contributed by atoms with E-state index in [1.54, 1.807) is 0 Å². The highest BCUT2D eigenvalue weighted by Crippen LogP contribution is 2.12. The summed E-state index contributed by atoms with van der Waals surface area (Å²) in [5.41, 5.74) is 1.30. The number of piperazine rings is 1. The van der Waals surface area contributed by atoms with E-state index < -0.39 is 0 Å². The van der Waals surface area contributed by atoms with E-state index in [4.69, 9.17) is 0 Å². The average Bonchev–Trinajstić information content (AvgIpc) is 2.26. The second-order valence-corrected chi connectivity index (χ2v) is 4.32. The summed E-state index contributed by atoms with van der Waals surface area (Å²) in [5, 5.41) is 3.49. The van der Waals surface area contributed by atoms with Gasteiger partial charge in [-0.1, -0.05) is 6.07 Å². The summed E-state index contributed by atoms with van der Waals surface area (Å²) in [5.74, 6) is 0. The Balaban J connectivity index is 0.00000128. The van der Waals surface area contributed by atoms with Crippen LogP contribution in [0.4, 0.5) is 0 Å². The maximum absolute atomic E-state index is 4.15. The molecule has 2 heterocycles. The molecule has 16 heavy (non-hydrogen) atoms. The van der Waals surface area contributed by atoms with Crippen LogP contribution in [-0.2, 0) is 6.54 Å². The van der Waals surface area contributed by atoms with Crippen LogP contribution in [-0.4, -0.2) is 35.1 Å². The Morgan fingerprint density at radius 2 is 2.31 bits per heavy atom. The number of nitrogens with zero attached hydrogens (tertiary/aromatic N) is 2. The van der Waals surface area contributed by atoms with Crippen LogP contribution in [0.3, 0.4) is 0 Å². The number of hydrogen-bond acceptors (Lipinski definition) is 3. The van der Waals surface area contributed by atoms with E-state index in [1.807, 2.05) is 18.5 Å². The lowest BCUT2D eigenvalue weighted by Crippen LogP contribution is -2.54. The molecule has 0 amide bonds. The zero-order chi connectivity index (χ0) is 10.7. The van der Waals surface area contributed by atoms with Crippen molar-refractivity contribution in [1.82, 2.24) is 15.2 Å². The summed E-state index contributed by atoms with van der Waals surface area (Å²) in [4.78, 5) is 6.66. The fourth-order valence-electron chi connectivity index (χ4n) is 2.08. The molecule has 0 saturated carbocycles. The number of rotatable bonds is 2. The Kier molecular flexibility index (Phi) is 5.19. The Morgan fingerprint density at radius 3 is 3.00 bits per heavy atom. The number of halogens is 1. The maximum atomic E-state index is 4.15. The smallest absolute Gasteiger partial charge is 0.0312 e. The number of hydrogen-bond donors (Lipinski definition) is 1. The quantitative estimate of drug-likeness (QED) is 0.854. The first-order valence-electron chi connectivity index (χ1n) is 5.63. The second kappa shape index (κ2) is 6.18. The molecule has 2 unspecified atom stereocenters. The Labute approximate surface area is 104 Å². The number of aromatic nitrogens is 1. The number of pyridine rings is 1. The van der Waals surface area contributed by atoms with Gasteiger partial charge in [0.2, 0.25) is 0 Å². The molecule has 1 aliphatic heterocycles. The standard InChI is InChI=1S/C12H19N3.ClH/c1-10-11(2)15(7-6-14-10)9-12-4-3-5-13-8-12;/h3-5,8,10-11,14H,6-7,9H2,1-2H3;1H. The van der Waals surface area contributed by atoms with Crippen molar-refractivity contribution in [3.05, 3.63) is 30.1 Å². The van der Waals surface area contributed by atoms with Crippen molar-refractivity contribution < 1.29 is 0 Å². The first-order chi connectivity index (χ1) is 7.27. The molecular weight excluding hydrogens is 222 g/mol. The molecule has 0 aliphatic carbocycles. The number of nitrogens with one attached hydrogen (secondary N) is 1. The summed E-state index contributed by atoms with van der Waals surface area (Å²) < 4.78 is 0. The van der Waals surface area contributed by atoms with Crippen molar-refractivity contribution in [2.24, 2.45) is 0 Å². The van der Waals surface area contributed by atoms with Crippen LogP contribution in [0.1, 0.15) is 19.4 Å². The molecule has 2 atom stereocenters. The van der Waals surface area contributed by atoms with Crippen molar-refractivity contribution in [1.29, 1.82) is 0 Å². The first kappa shape index (κ1) is 13.4. The van der Waals surface area contributed by atoms with E-state index in [0.717, 1.165) is 19.6 Å². The predicted octanol–water partition coefficient (Wildman–Crippen LogP) is 1.69. The lowest BCUT2D eigenvalue weighted by Gasteiger charge is -2.38. The van der Waals surface area contributed by atoms with Gasteiger partial charge in [0.05, 0.1) is 0 Å². The maximum Gasteiger partial charge on any atom is 0.0312 e. The molecule has 0 aromatic carbocycles. The fourth-order valence-corrected chi connectivity index (χ4v) is 2.08. The van der Waals surface area contributed by atoms with Gasteiger partial charge in [0.25, 0.3) is 0 Å². The van der Waals surface area contributed by atoms with Gasteiger partial charge >= 0.3 is 0 Å². The predicted molar refractivity (Wildman–Crippen MR) is 68.8 cm³/mol. The molecule has 1 aliphatic rings. The lowest BCUT2D eigenvalue weighted by molar-refractivity contribution is 0.130. The summed E-state index contributed by atoms with van der Waals surface area (Å²) in [7, 11) is 0. The highest BCUT2D eigenvalue weighted by Gasteiger charge is 2.23. The van der Waals surface area contributed by atoms with Crippen LogP contribution >= 0.6 is 12.4 Å². The van der Waals surface area contributed by atoms with Gasteiger partial charge < -0.3 is 5.32 Å². The Morgan fingerprint density at radius 1 is 1.50 bits per heavy atom. The molecule has 1 aromatic rings. The Hall–Kier alpha value is -0.640. The first-order valence-corrected chi connectivity index (χ1v) is 5.63. The van der Waals surface area contributed by atoms with Crippen LogP contribution in [0.5, 0.6) is 0 Å². The van der Waals surface area contributed by atoms with E-state index in [0.29, 0.717) is 12.1 Å². The molecule has 0 spiro atoms. The topological polar surface area (TPSA) is 28.2 Å². The van der Waals surface area contributed by atoms with E-state index in [9.17, 15) is 0 Å². The minimum atomic E-state index is 0. The van der Waals surface area contributed by atoms with E-state index in [1.165, 1.54) is 5.56 Å². The molecule has 3 nitrogen and oxygen atoms in total. The van der Waals surface area contributed by atoms with Crippen molar-refractivity contribution >= 4 is 12.4 Å². The Bertz CT molecular complexity index is 304. The highest BCUT2D eigenvalue weighted by molar-refractivity contribution is 5.85. The van der Waals surface area contributed by atoms with Gasteiger partial charge in [0.1, 0.15) is 0 Å². The van der Waals surface area contributed by atoms with E-state index in [2.05, 4.69) is 35.1 Å². The minimum Gasteiger partial charge on any atom is -0.311 e. The van der Waals surface area contributed by atoms with Crippen LogP contribution in [0, 0.1) is 0 Å².